The van der Waals surface area contributed by atoms with Crippen molar-refractivity contribution >= 4 is 11.6 Å². The molecular weight excluding hydrogens is 212 g/mol. The molecule has 17 heavy (non-hydrogen) atoms. The predicted octanol–water partition coefficient (Wildman–Crippen LogP) is 2.86. The Balaban J connectivity index is 2.69. The number of hydrogen-bond donors (Lipinski definition) is 2. The first kappa shape index (κ1) is 13.7. The molecule has 3 N–H and O–H groups in total. The molecular formula is C13H24N4. The average molecular weight is 236 g/mol. The van der Waals surface area contributed by atoms with Gasteiger partial charge in [0.25, 0.3) is 0 Å². The third kappa shape index (κ3) is 5.02. The molecule has 4 nitrogen and oxygen atoms in total. The number of rotatable bonds is 6. The zero-order chi connectivity index (χ0) is 12.8. The fraction of sp³-hybridized carbons (Fsp3) is 0.692. The van der Waals surface area contributed by atoms with Crippen molar-refractivity contribution in [3.8, 4) is 0 Å². The maximum absolute atomic E-state index is 5.78. The number of anilines is 2. The number of hydrogen-bond acceptors (Lipinski definition) is 4. The van der Waals surface area contributed by atoms with Gasteiger partial charge in [0.2, 0.25) is 0 Å². The van der Waals surface area contributed by atoms with E-state index in [9.17, 15) is 0 Å². The predicted molar refractivity (Wildman–Crippen MR) is 73.0 cm³/mol. The molecule has 0 aliphatic carbocycles. The highest BCUT2D eigenvalue weighted by molar-refractivity contribution is 5.45. The first-order chi connectivity index (χ1) is 8.01. The third-order valence-corrected chi connectivity index (χ3v) is 2.49. The number of aryl methyl sites for hydroxylation is 1. The Morgan fingerprint density at radius 2 is 2.00 bits per heavy atom. The second-order valence-corrected chi connectivity index (χ2v) is 5.02. The molecule has 1 atom stereocenters. The molecule has 1 rings (SSSR count). The van der Waals surface area contributed by atoms with E-state index in [1.54, 1.807) is 6.07 Å². The quantitative estimate of drug-likeness (QED) is 0.797. The molecule has 0 aliphatic rings. The highest BCUT2D eigenvalue weighted by Crippen LogP contribution is 2.13. The smallest absolute Gasteiger partial charge is 0.133 e. The van der Waals surface area contributed by atoms with Crippen LogP contribution < -0.4 is 11.1 Å². The van der Waals surface area contributed by atoms with Crippen LogP contribution in [0, 0.1) is 5.92 Å². The molecule has 1 aromatic rings. The normalized spacial score (nSPS) is 12.8. The van der Waals surface area contributed by atoms with Gasteiger partial charge >= 0.3 is 0 Å². The second-order valence-electron chi connectivity index (χ2n) is 5.02. The minimum Gasteiger partial charge on any atom is -0.384 e. The Labute approximate surface area is 104 Å². The number of nitrogens with zero attached hydrogens (tertiary/aromatic N) is 2. The van der Waals surface area contributed by atoms with Crippen LogP contribution >= 0.6 is 0 Å². The molecule has 0 amide bonds. The molecule has 0 saturated carbocycles. The molecule has 0 radical (unpaired) electrons. The molecule has 0 saturated heterocycles. The summed E-state index contributed by atoms with van der Waals surface area (Å²) in [4.78, 5) is 8.69. The molecule has 1 heterocycles. The Kier molecular flexibility index (Phi) is 5.19. The molecule has 96 valence electrons. The summed E-state index contributed by atoms with van der Waals surface area (Å²) in [7, 11) is 0. The summed E-state index contributed by atoms with van der Waals surface area (Å²) in [6.45, 7) is 8.71. The van der Waals surface area contributed by atoms with Crippen molar-refractivity contribution < 1.29 is 0 Å². The zero-order valence-corrected chi connectivity index (χ0v) is 11.3. The maximum Gasteiger partial charge on any atom is 0.133 e. The second kappa shape index (κ2) is 6.42. The van der Waals surface area contributed by atoms with Gasteiger partial charge in [-0.25, -0.2) is 9.97 Å². The molecule has 0 spiro atoms. The van der Waals surface area contributed by atoms with Gasteiger partial charge in [0, 0.05) is 18.5 Å². The van der Waals surface area contributed by atoms with Crippen LogP contribution in [0.25, 0.3) is 0 Å². The van der Waals surface area contributed by atoms with Crippen molar-refractivity contribution in [1.29, 1.82) is 0 Å². The van der Waals surface area contributed by atoms with E-state index >= 15 is 0 Å². The van der Waals surface area contributed by atoms with Crippen molar-refractivity contribution in [2.24, 2.45) is 5.92 Å². The maximum atomic E-state index is 5.78. The number of nitrogens with two attached hydrogens (primary N) is 1. The van der Waals surface area contributed by atoms with Crippen LogP contribution in [0.3, 0.4) is 0 Å². The lowest BCUT2D eigenvalue weighted by Gasteiger charge is -2.17. The molecule has 1 unspecified atom stereocenters. The molecule has 1 aromatic heterocycles. The zero-order valence-electron chi connectivity index (χ0n) is 11.3. The van der Waals surface area contributed by atoms with Crippen LogP contribution in [0.1, 0.15) is 46.4 Å². The summed E-state index contributed by atoms with van der Waals surface area (Å²) in [5.41, 5.74) is 5.78. The van der Waals surface area contributed by atoms with Crippen LogP contribution in [0.2, 0.25) is 0 Å². The lowest BCUT2D eigenvalue weighted by Crippen LogP contribution is -2.19. The standard InChI is InChI=1S/C13H24N4/c1-5-6-12-16-11(14)8-13(17-12)15-10(4)7-9(2)3/h8-10H,5-7H2,1-4H3,(H3,14,15,16,17). The van der Waals surface area contributed by atoms with Gasteiger partial charge in [-0.15, -0.1) is 0 Å². The highest BCUT2D eigenvalue weighted by Gasteiger charge is 2.07. The largest absolute Gasteiger partial charge is 0.384 e. The van der Waals surface area contributed by atoms with Crippen LogP contribution in [0.5, 0.6) is 0 Å². The molecule has 0 fully saturated rings. The van der Waals surface area contributed by atoms with Gasteiger partial charge in [0.05, 0.1) is 0 Å². The monoisotopic (exact) mass is 236 g/mol. The van der Waals surface area contributed by atoms with Gasteiger partial charge in [-0.05, 0) is 25.7 Å². The summed E-state index contributed by atoms with van der Waals surface area (Å²) < 4.78 is 0. The summed E-state index contributed by atoms with van der Waals surface area (Å²) in [6, 6.07) is 2.20. The molecule has 0 bridgehead atoms. The summed E-state index contributed by atoms with van der Waals surface area (Å²) in [5.74, 6) is 2.88. The van der Waals surface area contributed by atoms with E-state index < -0.39 is 0 Å². The van der Waals surface area contributed by atoms with Crippen molar-refractivity contribution in [1.82, 2.24) is 9.97 Å². The van der Waals surface area contributed by atoms with E-state index in [0.29, 0.717) is 17.8 Å². The fourth-order valence-electron chi connectivity index (χ4n) is 1.95. The van der Waals surface area contributed by atoms with Gasteiger partial charge < -0.3 is 11.1 Å². The van der Waals surface area contributed by atoms with Gasteiger partial charge in [-0.1, -0.05) is 20.8 Å². The lowest BCUT2D eigenvalue weighted by atomic mass is 10.1. The SMILES string of the molecule is CCCc1nc(N)cc(NC(C)CC(C)C)n1. The molecule has 0 aliphatic heterocycles. The van der Waals surface area contributed by atoms with E-state index in [2.05, 4.69) is 43.0 Å². The summed E-state index contributed by atoms with van der Waals surface area (Å²) in [6.07, 6.45) is 3.02. The van der Waals surface area contributed by atoms with E-state index in [4.69, 9.17) is 5.73 Å². The van der Waals surface area contributed by atoms with Crippen molar-refractivity contribution in [3.63, 3.8) is 0 Å². The Bertz CT molecular complexity index is 349. The number of aromatic nitrogens is 2. The van der Waals surface area contributed by atoms with Crippen LogP contribution in [0.15, 0.2) is 6.07 Å². The first-order valence-corrected chi connectivity index (χ1v) is 6.41. The van der Waals surface area contributed by atoms with E-state index in [0.717, 1.165) is 30.9 Å². The third-order valence-electron chi connectivity index (χ3n) is 2.49. The van der Waals surface area contributed by atoms with Gasteiger partial charge in [-0.2, -0.15) is 0 Å². The minimum atomic E-state index is 0.402. The van der Waals surface area contributed by atoms with Crippen LogP contribution in [-0.2, 0) is 6.42 Å². The lowest BCUT2D eigenvalue weighted by molar-refractivity contribution is 0.538. The van der Waals surface area contributed by atoms with E-state index in [1.807, 2.05) is 0 Å². The van der Waals surface area contributed by atoms with Crippen molar-refractivity contribution in [2.45, 2.75) is 53.0 Å². The van der Waals surface area contributed by atoms with E-state index in [-0.39, 0.29) is 0 Å². The van der Waals surface area contributed by atoms with Gasteiger partial charge in [-0.3, -0.25) is 0 Å². The van der Waals surface area contributed by atoms with Gasteiger partial charge in [0.1, 0.15) is 17.5 Å². The van der Waals surface area contributed by atoms with Crippen LogP contribution in [0.4, 0.5) is 11.6 Å². The number of nitrogen functional groups attached to an aromatic ring is 1. The first-order valence-electron chi connectivity index (χ1n) is 6.41. The number of nitrogens with one attached hydrogen (secondary N) is 1. The molecule has 4 heteroatoms. The highest BCUT2D eigenvalue weighted by atomic mass is 15.1. The Morgan fingerprint density at radius 1 is 1.29 bits per heavy atom. The van der Waals surface area contributed by atoms with Crippen molar-refractivity contribution in [3.05, 3.63) is 11.9 Å². The average Bonchev–Trinajstić information content (AvgIpc) is 2.14. The minimum absolute atomic E-state index is 0.402. The summed E-state index contributed by atoms with van der Waals surface area (Å²) >= 11 is 0. The van der Waals surface area contributed by atoms with E-state index in [1.165, 1.54) is 0 Å². The van der Waals surface area contributed by atoms with Crippen molar-refractivity contribution in [2.75, 3.05) is 11.1 Å². The van der Waals surface area contributed by atoms with Gasteiger partial charge in [0.15, 0.2) is 0 Å². The fourth-order valence-corrected chi connectivity index (χ4v) is 1.95. The topological polar surface area (TPSA) is 63.8 Å². The Hall–Kier alpha value is -1.32. The summed E-state index contributed by atoms with van der Waals surface area (Å²) in [5, 5.41) is 3.38. The Morgan fingerprint density at radius 3 is 2.59 bits per heavy atom. The van der Waals surface area contributed by atoms with Crippen LogP contribution in [-0.4, -0.2) is 16.0 Å². The molecule has 0 aromatic carbocycles.